The lowest BCUT2D eigenvalue weighted by atomic mass is 9.72. The van der Waals surface area contributed by atoms with Crippen LogP contribution in [0.3, 0.4) is 0 Å². The fourth-order valence-corrected chi connectivity index (χ4v) is 3.69. The Balaban J connectivity index is 1.86. The molecule has 0 aliphatic carbocycles. The summed E-state index contributed by atoms with van der Waals surface area (Å²) < 4.78 is 16.1. The molecule has 2 aromatic carbocycles. The van der Waals surface area contributed by atoms with Gasteiger partial charge in [-0.1, -0.05) is 49.7 Å². The molecule has 1 N–H and O–H groups in total. The molecule has 1 atom stereocenters. The molecule has 2 aromatic rings. The number of unbranched alkanes of at least 4 members (excludes halogenated alkanes) is 1. The molecular formula is C23H29NO5. The first-order chi connectivity index (χ1) is 14.0. The van der Waals surface area contributed by atoms with Gasteiger partial charge in [-0.05, 0) is 29.7 Å². The van der Waals surface area contributed by atoms with Crippen LogP contribution in [-0.4, -0.2) is 50.0 Å². The highest BCUT2D eigenvalue weighted by Crippen LogP contribution is 2.44. The van der Waals surface area contributed by atoms with Crippen molar-refractivity contribution < 1.29 is 24.1 Å². The predicted octanol–water partition coefficient (Wildman–Crippen LogP) is 3.81. The summed E-state index contributed by atoms with van der Waals surface area (Å²) in [6.07, 6.45) is 1.50. The van der Waals surface area contributed by atoms with Crippen molar-refractivity contribution in [1.29, 1.82) is 0 Å². The number of rotatable bonds is 8. The van der Waals surface area contributed by atoms with E-state index in [1.54, 1.807) is 31.3 Å². The van der Waals surface area contributed by atoms with Crippen LogP contribution in [-0.2, 0) is 10.3 Å². The smallest absolute Gasteiger partial charge is 0.409 e. The minimum atomic E-state index is -1.26. The van der Waals surface area contributed by atoms with Crippen molar-refractivity contribution in [1.82, 2.24) is 4.90 Å². The second-order valence-electron chi connectivity index (χ2n) is 7.27. The summed E-state index contributed by atoms with van der Waals surface area (Å²) in [6, 6.07) is 14.9. The highest BCUT2D eigenvalue weighted by atomic mass is 16.6. The van der Waals surface area contributed by atoms with Gasteiger partial charge in [-0.15, -0.1) is 0 Å². The van der Waals surface area contributed by atoms with Crippen LogP contribution in [0.5, 0.6) is 11.5 Å². The topological polar surface area (TPSA) is 68.2 Å². The first-order valence-electron chi connectivity index (χ1n) is 9.96. The summed E-state index contributed by atoms with van der Waals surface area (Å²) in [4.78, 5) is 13.8. The summed E-state index contributed by atoms with van der Waals surface area (Å²) in [6.45, 7) is 3.32. The number of amides is 1. The second kappa shape index (κ2) is 9.18. The first-order valence-corrected chi connectivity index (χ1v) is 9.96. The monoisotopic (exact) mass is 399 g/mol. The third-order valence-electron chi connectivity index (χ3n) is 5.49. The van der Waals surface area contributed by atoms with Crippen molar-refractivity contribution in [3.8, 4) is 11.5 Å². The number of hydrogen-bond acceptors (Lipinski definition) is 5. The van der Waals surface area contributed by atoms with Gasteiger partial charge in [0.15, 0.2) is 11.5 Å². The van der Waals surface area contributed by atoms with Crippen LogP contribution in [0.1, 0.15) is 30.9 Å². The third-order valence-corrected chi connectivity index (χ3v) is 5.49. The van der Waals surface area contributed by atoms with E-state index in [9.17, 15) is 9.90 Å². The number of ether oxygens (including phenoxy) is 3. The van der Waals surface area contributed by atoms with Gasteiger partial charge < -0.3 is 24.2 Å². The molecule has 6 heteroatoms. The zero-order chi connectivity index (χ0) is 20.9. The van der Waals surface area contributed by atoms with E-state index in [0.29, 0.717) is 36.8 Å². The number of hydrogen-bond donors (Lipinski definition) is 1. The Morgan fingerprint density at radius 2 is 1.76 bits per heavy atom. The molecule has 6 nitrogen and oxygen atoms in total. The largest absolute Gasteiger partial charge is 0.493 e. The normalized spacial score (nSPS) is 15.9. The second-order valence-corrected chi connectivity index (χ2v) is 7.27. The average molecular weight is 399 g/mol. The van der Waals surface area contributed by atoms with Crippen LogP contribution in [0, 0.1) is 5.92 Å². The van der Waals surface area contributed by atoms with Gasteiger partial charge in [0, 0.05) is 19.0 Å². The summed E-state index contributed by atoms with van der Waals surface area (Å²) >= 11 is 0. The zero-order valence-electron chi connectivity index (χ0n) is 17.3. The molecule has 1 amide bonds. The van der Waals surface area contributed by atoms with Crippen LogP contribution >= 0.6 is 0 Å². The summed E-state index contributed by atoms with van der Waals surface area (Å²) in [7, 11) is 3.15. The molecule has 1 unspecified atom stereocenters. The van der Waals surface area contributed by atoms with E-state index < -0.39 is 5.60 Å². The Morgan fingerprint density at radius 3 is 2.38 bits per heavy atom. The van der Waals surface area contributed by atoms with E-state index in [4.69, 9.17) is 14.2 Å². The Morgan fingerprint density at radius 1 is 1.07 bits per heavy atom. The van der Waals surface area contributed by atoms with Crippen LogP contribution in [0.4, 0.5) is 4.79 Å². The first kappa shape index (κ1) is 21.0. The van der Waals surface area contributed by atoms with Crippen LogP contribution in [0.15, 0.2) is 48.5 Å². The Kier molecular flexibility index (Phi) is 6.64. The predicted molar refractivity (Wildman–Crippen MR) is 110 cm³/mol. The molecule has 1 heterocycles. The van der Waals surface area contributed by atoms with Crippen molar-refractivity contribution in [2.75, 3.05) is 33.9 Å². The highest BCUT2D eigenvalue weighted by Gasteiger charge is 2.48. The molecule has 0 aromatic heterocycles. The molecule has 0 radical (unpaired) electrons. The summed E-state index contributed by atoms with van der Waals surface area (Å²) in [5.74, 6) is 0.984. The number of likely N-dealkylation sites (tertiary alicyclic amines) is 1. The van der Waals surface area contributed by atoms with Crippen molar-refractivity contribution in [3.05, 3.63) is 59.7 Å². The van der Waals surface area contributed by atoms with Gasteiger partial charge in [-0.25, -0.2) is 4.79 Å². The molecule has 1 aliphatic heterocycles. The maximum Gasteiger partial charge on any atom is 0.409 e. The Hall–Kier alpha value is -2.73. The fraction of sp³-hybridized carbons (Fsp3) is 0.435. The maximum absolute atomic E-state index is 12.2. The number of nitrogens with zero attached hydrogens (tertiary/aromatic N) is 1. The van der Waals surface area contributed by atoms with Gasteiger partial charge in [-0.2, -0.15) is 0 Å². The number of aliphatic hydroxyl groups is 1. The molecule has 0 spiro atoms. The zero-order valence-corrected chi connectivity index (χ0v) is 17.3. The summed E-state index contributed by atoms with van der Waals surface area (Å²) in [5.41, 5.74) is 0.211. The molecule has 3 rings (SSSR count). The lowest BCUT2D eigenvalue weighted by molar-refractivity contribution is -0.0589. The third kappa shape index (κ3) is 4.17. The Labute approximate surface area is 172 Å². The maximum atomic E-state index is 12.2. The van der Waals surface area contributed by atoms with Crippen molar-refractivity contribution in [2.45, 2.75) is 25.4 Å². The van der Waals surface area contributed by atoms with E-state index in [0.717, 1.165) is 18.4 Å². The van der Waals surface area contributed by atoms with Gasteiger partial charge >= 0.3 is 6.09 Å². The van der Waals surface area contributed by atoms with Crippen molar-refractivity contribution >= 4 is 6.09 Å². The van der Waals surface area contributed by atoms with Gasteiger partial charge in [0.05, 0.1) is 20.8 Å². The lowest BCUT2D eigenvalue weighted by Crippen LogP contribution is -2.58. The van der Waals surface area contributed by atoms with Crippen LogP contribution in [0.25, 0.3) is 0 Å². The van der Waals surface area contributed by atoms with Crippen molar-refractivity contribution in [2.24, 2.45) is 5.92 Å². The molecule has 0 bridgehead atoms. The molecule has 1 aliphatic rings. The van der Waals surface area contributed by atoms with Gasteiger partial charge in [0.25, 0.3) is 0 Å². The van der Waals surface area contributed by atoms with Crippen LogP contribution < -0.4 is 9.47 Å². The quantitative estimate of drug-likeness (QED) is 0.684. The Bertz CT molecular complexity index is 819. The van der Waals surface area contributed by atoms with E-state index in [1.165, 1.54) is 0 Å². The molecule has 1 fully saturated rings. The molecule has 156 valence electrons. The van der Waals surface area contributed by atoms with Gasteiger partial charge in [0.1, 0.15) is 5.60 Å². The van der Waals surface area contributed by atoms with Gasteiger partial charge in [0.2, 0.25) is 0 Å². The minimum absolute atomic E-state index is 0.165. The number of carbonyl (C=O) groups excluding carboxylic acids is 1. The van der Waals surface area contributed by atoms with Crippen LogP contribution in [0.2, 0.25) is 0 Å². The highest BCUT2D eigenvalue weighted by molar-refractivity contribution is 5.69. The fourth-order valence-electron chi connectivity index (χ4n) is 3.69. The van der Waals surface area contributed by atoms with E-state index in [2.05, 4.69) is 6.92 Å². The summed E-state index contributed by atoms with van der Waals surface area (Å²) in [5, 5.41) is 11.9. The average Bonchev–Trinajstić information content (AvgIpc) is 2.72. The number of carbonyl (C=O) groups is 1. The standard InChI is InChI=1S/C23H29NO5/c1-4-5-13-29-22(25)24-15-19(16-24)23(26,17-9-7-6-8-10-17)18-11-12-20(27-2)21(14-18)28-3/h6-12,14,19,26H,4-5,13,15-16H2,1-3H3. The molecule has 29 heavy (non-hydrogen) atoms. The lowest BCUT2D eigenvalue weighted by Gasteiger charge is -2.47. The number of benzene rings is 2. The van der Waals surface area contributed by atoms with E-state index in [1.807, 2.05) is 36.4 Å². The van der Waals surface area contributed by atoms with Crippen molar-refractivity contribution in [3.63, 3.8) is 0 Å². The molecular weight excluding hydrogens is 370 g/mol. The van der Waals surface area contributed by atoms with E-state index in [-0.39, 0.29) is 12.0 Å². The SMILES string of the molecule is CCCCOC(=O)N1CC(C(O)(c2ccccc2)c2ccc(OC)c(OC)c2)C1. The van der Waals surface area contributed by atoms with Gasteiger partial charge in [-0.3, -0.25) is 0 Å². The molecule has 1 saturated heterocycles. The number of methoxy groups -OCH3 is 2. The molecule has 0 saturated carbocycles. The minimum Gasteiger partial charge on any atom is -0.493 e. The van der Waals surface area contributed by atoms with E-state index >= 15 is 0 Å².